The van der Waals surface area contributed by atoms with Crippen LogP contribution in [0.5, 0.6) is 0 Å². The van der Waals surface area contributed by atoms with Crippen molar-refractivity contribution < 1.29 is 8.83 Å². The van der Waals surface area contributed by atoms with Gasteiger partial charge in [-0.2, -0.15) is 0 Å². The number of fused-ring (bicyclic) bond motifs is 6. The third kappa shape index (κ3) is 2.76. The summed E-state index contributed by atoms with van der Waals surface area (Å²) in [4.78, 5) is 7.02. The number of benzene rings is 3. The Morgan fingerprint density at radius 1 is 0.788 bits per heavy atom. The molecule has 5 heteroatoms. The minimum Gasteiger partial charge on any atom is -0.454 e. The number of pyridine rings is 1. The summed E-state index contributed by atoms with van der Waals surface area (Å²) in [6.45, 7) is 0.761. The van der Waals surface area contributed by atoms with Gasteiger partial charge in [-0.25, -0.2) is 4.98 Å². The predicted octanol–water partition coefficient (Wildman–Crippen LogP) is 7.64. The molecule has 0 saturated heterocycles. The number of rotatable bonds is 3. The molecule has 3 aromatic heterocycles. The summed E-state index contributed by atoms with van der Waals surface area (Å²) in [5, 5.41) is 5.42. The summed E-state index contributed by atoms with van der Waals surface area (Å²) in [5.41, 5.74) is 7.35. The smallest absolute Gasteiger partial charge is 0.201 e. The van der Waals surface area contributed by atoms with E-state index in [0.717, 1.165) is 68.1 Å². The second-order valence-electron chi connectivity index (χ2n) is 8.09. The van der Waals surface area contributed by atoms with Crippen LogP contribution in [0.2, 0.25) is 0 Å². The van der Waals surface area contributed by atoms with Gasteiger partial charge in [-0.05, 0) is 36.4 Å². The number of aromatic nitrogens is 1. The second-order valence-corrected chi connectivity index (χ2v) is 8.09. The Hall–Kier alpha value is -4.51. The molecular weight excluding hydrogens is 410 g/mol. The van der Waals surface area contributed by atoms with Crippen LogP contribution in [0.1, 0.15) is 5.56 Å². The number of nitrogens with zero attached hydrogens (tertiary/aromatic N) is 2. The molecule has 7 rings (SSSR count). The summed E-state index contributed by atoms with van der Waals surface area (Å²) in [5.74, 6) is 0.804. The van der Waals surface area contributed by atoms with Crippen molar-refractivity contribution in [1.82, 2.24) is 4.98 Å². The van der Waals surface area contributed by atoms with E-state index in [0.29, 0.717) is 0 Å². The lowest BCUT2D eigenvalue weighted by Crippen LogP contribution is -2.11. The zero-order valence-corrected chi connectivity index (χ0v) is 17.7. The highest BCUT2D eigenvalue weighted by Gasteiger charge is 2.23. The van der Waals surface area contributed by atoms with Crippen LogP contribution in [0.25, 0.3) is 39.1 Å². The molecule has 0 radical (unpaired) electrons. The molecular formula is C28H19N3O2. The molecule has 0 saturated carbocycles. The van der Waals surface area contributed by atoms with Crippen molar-refractivity contribution in [3.05, 3.63) is 96.7 Å². The second kappa shape index (κ2) is 7.00. The molecule has 0 amide bonds. The fraction of sp³-hybridized carbons (Fsp3) is 0.0357. The summed E-state index contributed by atoms with van der Waals surface area (Å²) in [6, 6.07) is 26.5. The molecule has 0 spiro atoms. The molecule has 4 heterocycles. The van der Waals surface area contributed by atoms with E-state index >= 15 is 0 Å². The van der Waals surface area contributed by atoms with Gasteiger partial charge in [-0.3, -0.25) is 0 Å². The Bertz CT molecular complexity index is 1680. The zero-order chi connectivity index (χ0) is 21.8. The van der Waals surface area contributed by atoms with Crippen LogP contribution in [0.4, 0.5) is 22.9 Å². The first-order valence-electron chi connectivity index (χ1n) is 11.0. The van der Waals surface area contributed by atoms with Gasteiger partial charge in [0.1, 0.15) is 16.7 Å². The molecule has 33 heavy (non-hydrogen) atoms. The van der Waals surface area contributed by atoms with E-state index < -0.39 is 0 Å². The van der Waals surface area contributed by atoms with Crippen molar-refractivity contribution >= 4 is 62.1 Å². The highest BCUT2D eigenvalue weighted by molar-refractivity contribution is 6.06. The predicted molar refractivity (Wildman–Crippen MR) is 133 cm³/mol. The number of hydrogen-bond acceptors (Lipinski definition) is 5. The van der Waals surface area contributed by atoms with Crippen LogP contribution in [0.3, 0.4) is 0 Å². The van der Waals surface area contributed by atoms with E-state index in [1.54, 1.807) is 0 Å². The lowest BCUT2D eigenvalue weighted by Gasteiger charge is -2.26. The maximum absolute atomic E-state index is 6.15. The Kier molecular flexibility index (Phi) is 3.84. The minimum absolute atomic E-state index is 0.761. The maximum Gasteiger partial charge on any atom is 0.201 e. The number of anilines is 4. The first kappa shape index (κ1) is 18.1. The summed E-state index contributed by atoms with van der Waals surface area (Å²) in [6.07, 6.45) is 6.16. The van der Waals surface area contributed by atoms with E-state index in [1.807, 2.05) is 60.8 Å². The van der Waals surface area contributed by atoms with E-state index in [1.165, 1.54) is 0 Å². The Labute approximate surface area is 189 Å². The highest BCUT2D eigenvalue weighted by Crippen LogP contribution is 2.44. The van der Waals surface area contributed by atoms with Crippen LogP contribution in [0.15, 0.2) is 100.0 Å². The molecule has 158 valence electrons. The van der Waals surface area contributed by atoms with Gasteiger partial charge >= 0.3 is 0 Å². The molecule has 0 atom stereocenters. The number of nitrogens with one attached hydrogen (secondary N) is 1. The van der Waals surface area contributed by atoms with Crippen molar-refractivity contribution in [2.45, 2.75) is 0 Å². The first-order chi connectivity index (χ1) is 16.4. The van der Waals surface area contributed by atoms with E-state index in [4.69, 9.17) is 13.8 Å². The molecule has 0 aliphatic carbocycles. The van der Waals surface area contributed by atoms with Gasteiger partial charge in [0.05, 0.1) is 23.0 Å². The topological polar surface area (TPSA) is 54.4 Å². The van der Waals surface area contributed by atoms with Crippen molar-refractivity contribution in [1.29, 1.82) is 0 Å². The minimum atomic E-state index is 0.761. The monoisotopic (exact) mass is 429 g/mol. The third-order valence-corrected chi connectivity index (χ3v) is 6.11. The summed E-state index contributed by atoms with van der Waals surface area (Å²) in [7, 11) is 0. The zero-order valence-electron chi connectivity index (χ0n) is 17.7. The molecule has 0 bridgehead atoms. The average Bonchev–Trinajstić information content (AvgIpc) is 3.43. The molecule has 1 aliphatic heterocycles. The summed E-state index contributed by atoms with van der Waals surface area (Å²) < 4.78 is 12.3. The average molecular weight is 429 g/mol. The maximum atomic E-state index is 6.15. The molecule has 5 nitrogen and oxygen atoms in total. The van der Waals surface area contributed by atoms with Crippen LogP contribution < -0.4 is 10.2 Å². The standard InChI is InChI=1S/C28H19N3O2/c1-2-8-18(9-3-1)31(19-16-25-27(30-17-19)20-10-4-5-13-23(20)32-25)22-12-6-14-24-26(22)21-11-7-15-29-28(21)33-24/h1-14,16-17,29H,15H2. The molecule has 0 fully saturated rings. The number of hydrogen-bond donors (Lipinski definition) is 1. The van der Waals surface area contributed by atoms with Gasteiger partial charge in [-0.15, -0.1) is 0 Å². The fourth-order valence-electron chi connectivity index (χ4n) is 4.67. The summed E-state index contributed by atoms with van der Waals surface area (Å²) >= 11 is 0. The lowest BCUT2D eigenvalue weighted by atomic mass is 10.1. The van der Waals surface area contributed by atoms with Gasteiger partial charge in [0.15, 0.2) is 5.58 Å². The van der Waals surface area contributed by atoms with Crippen LogP contribution in [-0.2, 0) is 0 Å². The van der Waals surface area contributed by atoms with Crippen LogP contribution in [0, 0.1) is 0 Å². The van der Waals surface area contributed by atoms with Crippen molar-refractivity contribution in [2.24, 2.45) is 0 Å². The number of furan rings is 2. The Morgan fingerprint density at radius 3 is 2.58 bits per heavy atom. The largest absolute Gasteiger partial charge is 0.454 e. The van der Waals surface area contributed by atoms with Crippen molar-refractivity contribution in [2.75, 3.05) is 16.8 Å². The first-order valence-corrected chi connectivity index (χ1v) is 11.0. The van der Waals surface area contributed by atoms with Gasteiger partial charge < -0.3 is 19.1 Å². The Morgan fingerprint density at radius 2 is 1.64 bits per heavy atom. The van der Waals surface area contributed by atoms with Crippen LogP contribution >= 0.6 is 0 Å². The normalized spacial score (nSPS) is 12.8. The van der Waals surface area contributed by atoms with Gasteiger partial charge in [0.2, 0.25) is 5.88 Å². The fourth-order valence-corrected chi connectivity index (χ4v) is 4.67. The third-order valence-electron chi connectivity index (χ3n) is 6.11. The van der Waals surface area contributed by atoms with Gasteiger partial charge in [0.25, 0.3) is 0 Å². The quantitative estimate of drug-likeness (QED) is 0.313. The van der Waals surface area contributed by atoms with Gasteiger partial charge in [-0.1, -0.05) is 48.6 Å². The van der Waals surface area contributed by atoms with Gasteiger partial charge in [0, 0.05) is 29.2 Å². The molecule has 3 aromatic carbocycles. The van der Waals surface area contributed by atoms with E-state index in [9.17, 15) is 0 Å². The number of para-hydroxylation sites is 2. The molecule has 1 N–H and O–H groups in total. The van der Waals surface area contributed by atoms with E-state index in [2.05, 4.69) is 46.6 Å². The van der Waals surface area contributed by atoms with E-state index in [-0.39, 0.29) is 0 Å². The molecule has 1 aliphatic rings. The lowest BCUT2D eigenvalue weighted by molar-refractivity contribution is 0.628. The van der Waals surface area contributed by atoms with Crippen LogP contribution in [-0.4, -0.2) is 11.5 Å². The van der Waals surface area contributed by atoms with Crippen molar-refractivity contribution in [3.8, 4) is 0 Å². The molecule has 6 aromatic rings. The van der Waals surface area contributed by atoms with Crippen molar-refractivity contribution in [3.63, 3.8) is 0 Å². The SMILES string of the molecule is C1=Cc2c(oc3cccc(N(c4ccccc4)c4cnc5c(c4)oc4ccccc45)c23)NC1. The molecule has 0 unspecified atom stereocenters. The highest BCUT2D eigenvalue weighted by atomic mass is 16.4. The Balaban J connectivity index is 1.51.